The molecule has 0 saturated carbocycles. The third-order valence-corrected chi connectivity index (χ3v) is 4.87. The third-order valence-electron chi connectivity index (χ3n) is 4.87. The van der Waals surface area contributed by atoms with Crippen LogP contribution in [0.5, 0.6) is 0 Å². The van der Waals surface area contributed by atoms with Gasteiger partial charge in [-0.3, -0.25) is 9.69 Å². The fourth-order valence-electron chi connectivity index (χ4n) is 3.18. The number of hydrogen-bond acceptors (Lipinski definition) is 4. The maximum atomic E-state index is 12.4. The number of amides is 1. The zero-order chi connectivity index (χ0) is 18.4. The Kier molecular flexibility index (Phi) is 6.26. The van der Waals surface area contributed by atoms with Crippen LogP contribution in [0.3, 0.4) is 0 Å². The number of anilines is 1. The molecule has 3 rings (SSSR count). The average molecular weight is 352 g/mol. The van der Waals surface area contributed by atoms with E-state index in [9.17, 15) is 4.79 Å². The number of nitrogen functional groups attached to an aromatic ring is 1. The van der Waals surface area contributed by atoms with Crippen LogP contribution in [0.2, 0.25) is 0 Å². The van der Waals surface area contributed by atoms with Crippen LogP contribution in [0.4, 0.5) is 5.69 Å². The third kappa shape index (κ3) is 5.31. The van der Waals surface area contributed by atoms with Gasteiger partial charge in [0.15, 0.2) is 0 Å². The van der Waals surface area contributed by atoms with Gasteiger partial charge < -0.3 is 16.0 Å². The van der Waals surface area contributed by atoms with Crippen molar-refractivity contribution in [2.75, 3.05) is 45.5 Å². The molecule has 1 heterocycles. The van der Waals surface area contributed by atoms with Gasteiger partial charge >= 0.3 is 0 Å². The van der Waals surface area contributed by atoms with Gasteiger partial charge in [0.05, 0.1) is 0 Å². The Labute approximate surface area is 155 Å². The number of nitrogens with one attached hydrogen (secondary N) is 1. The van der Waals surface area contributed by atoms with E-state index >= 15 is 0 Å². The Morgan fingerprint density at radius 3 is 2.50 bits per heavy atom. The highest BCUT2D eigenvalue weighted by atomic mass is 16.1. The van der Waals surface area contributed by atoms with Gasteiger partial charge in [-0.25, -0.2) is 0 Å². The first-order valence-corrected chi connectivity index (χ1v) is 9.22. The van der Waals surface area contributed by atoms with Crippen LogP contribution in [0, 0.1) is 0 Å². The highest BCUT2D eigenvalue weighted by Gasteiger charge is 2.14. The summed E-state index contributed by atoms with van der Waals surface area (Å²) >= 11 is 0. The van der Waals surface area contributed by atoms with Gasteiger partial charge in [-0.1, -0.05) is 24.3 Å². The lowest BCUT2D eigenvalue weighted by Gasteiger charge is -2.32. The Morgan fingerprint density at radius 1 is 1.04 bits per heavy atom. The van der Waals surface area contributed by atoms with E-state index in [0.29, 0.717) is 6.54 Å². The van der Waals surface area contributed by atoms with Gasteiger partial charge in [-0.05, 0) is 48.9 Å². The van der Waals surface area contributed by atoms with E-state index in [2.05, 4.69) is 28.2 Å². The molecule has 2 aromatic rings. The lowest BCUT2D eigenvalue weighted by molar-refractivity contribution is 0.0954. The zero-order valence-electron chi connectivity index (χ0n) is 15.4. The molecule has 2 aromatic carbocycles. The van der Waals surface area contributed by atoms with Gasteiger partial charge in [-0.2, -0.15) is 0 Å². The SMILES string of the molecule is CN1CCN(Cc2cccc(C(=O)NCCc3ccc(N)cc3)c2)CC1. The summed E-state index contributed by atoms with van der Waals surface area (Å²) in [6, 6.07) is 15.7. The minimum Gasteiger partial charge on any atom is -0.399 e. The monoisotopic (exact) mass is 352 g/mol. The number of likely N-dealkylation sites (N-methyl/N-ethyl adjacent to an activating group) is 1. The molecule has 0 aliphatic carbocycles. The largest absolute Gasteiger partial charge is 0.399 e. The van der Waals surface area contributed by atoms with Crippen LogP contribution in [0.15, 0.2) is 48.5 Å². The molecule has 1 aliphatic heterocycles. The van der Waals surface area contributed by atoms with Crippen molar-refractivity contribution in [1.82, 2.24) is 15.1 Å². The van der Waals surface area contributed by atoms with E-state index in [0.717, 1.165) is 50.4 Å². The van der Waals surface area contributed by atoms with Crippen molar-refractivity contribution < 1.29 is 4.79 Å². The molecule has 0 aromatic heterocycles. The highest BCUT2D eigenvalue weighted by molar-refractivity contribution is 5.94. The van der Waals surface area contributed by atoms with E-state index in [1.807, 2.05) is 42.5 Å². The molecular weight excluding hydrogens is 324 g/mol. The second-order valence-corrected chi connectivity index (χ2v) is 7.03. The maximum Gasteiger partial charge on any atom is 0.251 e. The fraction of sp³-hybridized carbons (Fsp3) is 0.381. The molecule has 0 bridgehead atoms. The summed E-state index contributed by atoms with van der Waals surface area (Å²) in [6.45, 7) is 5.88. The van der Waals surface area contributed by atoms with Gasteiger partial charge in [0, 0.05) is 50.5 Å². The van der Waals surface area contributed by atoms with Crippen LogP contribution < -0.4 is 11.1 Å². The summed E-state index contributed by atoms with van der Waals surface area (Å²) in [4.78, 5) is 17.2. The molecule has 1 aliphatic rings. The van der Waals surface area contributed by atoms with Crippen molar-refractivity contribution in [1.29, 1.82) is 0 Å². The average Bonchev–Trinajstić information content (AvgIpc) is 2.65. The minimum atomic E-state index is -0.0133. The van der Waals surface area contributed by atoms with Crippen molar-refractivity contribution >= 4 is 11.6 Å². The van der Waals surface area contributed by atoms with Gasteiger partial charge in [0.1, 0.15) is 0 Å². The first-order chi connectivity index (χ1) is 12.6. The molecule has 1 saturated heterocycles. The topological polar surface area (TPSA) is 61.6 Å². The Bertz CT molecular complexity index is 721. The molecule has 0 radical (unpaired) electrons. The molecule has 0 unspecified atom stereocenters. The number of piperazine rings is 1. The molecule has 3 N–H and O–H groups in total. The molecule has 1 amide bonds. The summed E-state index contributed by atoms with van der Waals surface area (Å²) in [7, 11) is 2.16. The van der Waals surface area contributed by atoms with Crippen LogP contribution in [-0.2, 0) is 13.0 Å². The Balaban J connectivity index is 1.50. The van der Waals surface area contributed by atoms with Gasteiger partial charge in [-0.15, -0.1) is 0 Å². The Hall–Kier alpha value is -2.37. The van der Waals surface area contributed by atoms with Gasteiger partial charge in [0.25, 0.3) is 5.91 Å². The number of nitrogens with zero attached hydrogens (tertiary/aromatic N) is 2. The summed E-state index contributed by atoms with van der Waals surface area (Å²) < 4.78 is 0. The predicted molar refractivity (Wildman–Crippen MR) is 106 cm³/mol. The molecule has 26 heavy (non-hydrogen) atoms. The summed E-state index contributed by atoms with van der Waals surface area (Å²) in [5, 5.41) is 3.01. The van der Waals surface area contributed by atoms with E-state index in [1.165, 1.54) is 11.1 Å². The number of carbonyl (C=O) groups is 1. The molecule has 0 atom stereocenters. The van der Waals surface area contributed by atoms with Crippen LogP contribution in [0.25, 0.3) is 0 Å². The van der Waals surface area contributed by atoms with Gasteiger partial charge in [0.2, 0.25) is 0 Å². The maximum absolute atomic E-state index is 12.4. The van der Waals surface area contributed by atoms with Crippen molar-refractivity contribution in [3.8, 4) is 0 Å². The minimum absolute atomic E-state index is 0.0133. The molecular formula is C21H28N4O. The Morgan fingerprint density at radius 2 is 1.77 bits per heavy atom. The zero-order valence-corrected chi connectivity index (χ0v) is 15.4. The van der Waals surface area contributed by atoms with E-state index in [4.69, 9.17) is 5.73 Å². The quantitative estimate of drug-likeness (QED) is 0.781. The fourth-order valence-corrected chi connectivity index (χ4v) is 3.18. The predicted octanol–water partition coefficient (Wildman–Crippen LogP) is 1.99. The summed E-state index contributed by atoms with van der Waals surface area (Å²) in [6.07, 6.45) is 0.799. The van der Waals surface area contributed by atoms with E-state index in [1.54, 1.807) is 0 Å². The summed E-state index contributed by atoms with van der Waals surface area (Å²) in [5.74, 6) is -0.0133. The lowest BCUT2D eigenvalue weighted by atomic mass is 10.1. The van der Waals surface area contributed by atoms with E-state index in [-0.39, 0.29) is 5.91 Å². The first-order valence-electron chi connectivity index (χ1n) is 9.22. The molecule has 5 heteroatoms. The summed E-state index contributed by atoms with van der Waals surface area (Å²) in [5.41, 5.74) is 9.55. The lowest BCUT2D eigenvalue weighted by Crippen LogP contribution is -2.43. The second-order valence-electron chi connectivity index (χ2n) is 7.03. The van der Waals surface area contributed by atoms with Crippen LogP contribution in [-0.4, -0.2) is 55.5 Å². The van der Waals surface area contributed by atoms with Crippen molar-refractivity contribution in [3.63, 3.8) is 0 Å². The molecule has 5 nitrogen and oxygen atoms in total. The standard InChI is InChI=1S/C21H28N4O/c1-24-11-13-25(14-12-24)16-18-3-2-4-19(15-18)21(26)23-10-9-17-5-7-20(22)8-6-17/h2-8,15H,9-14,16,22H2,1H3,(H,23,26). The van der Waals surface area contributed by atoms with Crippen molar-refractivity contribution in [3.05, 3.63) is 65.2 Å². The number of rotatable bonds is 6. The van der Waals surface area contributed by atoms with Crippen molar-refractivity contribution in [2.24, 2.45) is 0 Å². The van der Waals surface area contributed by atoms with E-state index < -0.39 is 0 Å². The van der Waals surface area contributed by atoms with Crippen molar-refractivity contribution in [2.45, 2.75) is 13.0 Å². The normalized spacial score (nSPS) is 15.7. The number of hydrogen-bond donors (Lipinski definition) is 2. The number of nitrogens with two attached hydrogens (primary N) is 1. The molecule has 0 spiro atoms. The molecule has 138 valence electrons. The van der Waals surface area contributed by atoms with Crippen LogP contribution in [0.1, 0.15) is 21.5 Å². The number of benzene rings is 2. The number of carbonyl (C=O) groups excluding carboxylic acids is 1. The van der Waals surface area contributed by atoms with Crippen LogP contribution >= 0.6 is 0 Å². The highest BCUT2D eigenvalue weighted by Crippen LogP contribution is 2.11. The second kappa shape index (κ2) is 8.83. The smallest absolute Gasteiger partial charge is 0.251 e. The molecule has 1 fully saturated rings. The first kappa shape index (κ1) is 18.4.